The van der Waals surface area contributed by atoms with Crippen molar-refractivity contribution in [2.75, 3.05) is 0 Å². The summed E-state index contributed by atoms with van der Waals surface area (Å²) in [6.07, 6.45) is 0. The van der Waals surface area contributed by atoms with Gasteiger partial charge in [0.25, 0.3) is 0 Å². The zero-order valence-electron chi connectivity index (χ0n) is 7.47. The summed E-state index contributed by atoms with van der Waals surface area (Å²) in [5, 5.41) is 0. The van der Waals surface area contributed by atoms with E-state index in [1.807, 2.05) is 0 Å². The highest BCUT2D eigenvalue weighted by atomic mass is 35.6. The van der Waals surface area contributed by atoms with E-state index in [9.17, 15) is 4.21 Å². The van der Waals surface area contributed by atoms with Crippen molar-refractivity contribution in [3.05, 3.63) is 0 Å². The highest BCUT2D eigenvalue weighted by Gasteiger charge is 2.78. The van der Waals surface area contributed by atoms with Crippen LogP contribution in [-0.4, -0.2) is 20.5 Å². The van der Waals surface area contributed by atoms with Gasteiger partial charge < -0.3 is 0 Å². The summed E-state index contributed by atoms with van der Waals surface area (Å²) in [4.78, 5) is 0. The highest BCUT2D eigenvalue weighted by molar-refractivity contribution is 7.71. The molecule has 0 heterocycles. The summed E-state index contributed by atoms with van der Waals surface area (Å²) in [5.74, 6) is 0. The van der Waals surface area contributed by atoms with Gasteiger partial charge in [0.2, 0.25) is 12.5 Å². The standard InChI is InChI=1S/C5Cl11OS/c6-1(7,2(8,9)4(12,13)14)3(10,11)5(15,16)18-17/q+1. The molecule has 0 spiro atoms. The second kappa shape index (κ2) is 6.37. The van der Waals surface area contributed by atoms with Crippen LogP contribution in [0.4, 0.5) is 0 Å². The Labute approximate surface area is 162 Å². The summed E-state index contributed by atoms with van der Waals surface area (Å²) in [7, 11) is 0. The topological polar surface area (TPSA) is 17.1 Å². The Balaban J connectivity index is 5.87. The Bertz CT molecular complexity index is 331. The molecule has 0 amide bonds. The monoisotopic (exact) mass is 493 g/mol. The average molecular weight is 498 g/mol. The first kappa shape index (κ1) is 21.2. The lowest BCUT2D eigenvalue weighted by Crippen LogP contribution is -2.61. The van der Waals surface area contributed by atoms with Gasteiger partial charge in [0.05, 0.1) is 0 Å². The maximum atomic E-state index is 10.8. The molecular formula is C5Cl11OS+. The van der Waals surface area contributed by atoms with E-state index in [-0.39, 0.29) is 0 Å². The Morgan fingerprint density at radius 1 is 0.556 bits per heavy atom. The summed E-state index contributed by atoms with van der Waals surface area (Å²) >= 11 is 62.1. The second-order valence-corrected chi connectivity index (χ2v) is 11.6. The van der Waals surface area contributed by atoms with Crippen molar-refractivity contribution in [3.63, 3.8) is 0 Å². The summed E-state index contributed by atoms with van der Waals surface area (Å²) in [6.45, 7) is 0. The molecule has 18 heavy (non-hydrogen) atoms. The Morgan fingerprint density at radius 2 is 0.889 bits per heavy atom. The molecule has 108 valence electrons. The fourth-order valence-electron chi connectivity index (χ4n) is 0.610. The first-order valence-corrected chi connectivity index (χ1v) is 8.35. The van der Waals surface area contributed by atoms with Gasteiger partial charge in [-0.3, -0.25) is 0 Å². The first-order chi connectivity index (χ1) is 7.56. The predicted octanol–water partition coefficient (Wildman–Crippen LogP) is 6.44. The summed E-state index contributed by atoms with van der Waals surface area (Å²) < 4.78 is -1.76. The van der Waals surface area contributed by atoms with Crippen LogP contribution in [0.1, 0.15) is 0 Å². The Hall–Kier alpha value is 3.21. The predicted molar refractivity (Wildman–Crippen MR) is 86.1 cm³/mol. The molecule has 0 aliphatic heterocycles. The lowest BCUT2D eigenvalue weighted by Gasteiger charge is -2.43. The molecule has 0 aromatic heterocycles. The fourth-order valence-corrected chi connectivity index (χ4v) is 3.69. The van der Waals surface area contributed by atoms with Gasteiger partial charge in [-0.15, -0.1) is 0 Å². The van der Waals surface area contributed by atoms with Crippen molar-refractivity contribution in [1.82, 2.24) is 0 Å². The summed E-state index contributed by atoms with van der Waals surface area (Å²) in [5.41, 5.74) is 0. The van der Waals surface area contributed by atoms with Gasteiger partial charge in [0.1, 0.15) is 0 Å². The van der Waals surface area contributed by atoms with Gasteiger partial charge >= 0.3 is 15.3 Å². The van der Waals surface area contributed by atoms with E-state index in [1.165, 1.54) is 0 Å². The minimum Gasteiger partial charge on any atom is -0.0943 e. The zero-order chi connectivity index (χ0) is 15.2. The van der Waals surface area contributed by atoms with Crippen LogP contribution in [0, 0.1) is 0 Å². The summed E-state index contributed by atoms with van der Waals surface area (Å²) in [6, 6.07) is 0. The van der Waals surface area contributed by atoms with E-state index in [2.05, 4.69) is 0 Å². The molecule has 0 atom stereocenters. The Kier molecular flexibility index (Phi) is 7.51. The van der Waals surface area contributed by atoms with E-state index < -0.39 is 32.1 Å². The van der Waals surface area contributed by atoms with Gasteiger partial charge in [0, 0.05) is 4.21 Å². The number of rotatable bonds is 4. The highest BCUT2D eigenvalue weighted by Crippen LogP contribution is 2.66. The molecule has 0 aromatic rings. The van der Waals surface area contributed by atoms with Crippen LogP contribution in [0.3, 0.4) is 0 Å². The third-order valence-electron chi connectivity index (χ3n) is 1.61. The minimum absolute atomic E-state index is 0.411. The van der Waals surface area contributed by atoms with Crippen LogP contribution in [0.25, 0.3) is 0 Å². The molecule has 0 N–H and O–H groups in total. The molecular weight excluding hydrogens is 498 g/mol. The van der Waals surface area contributed by atoms with Gasteiger partial charge in [0.15, 0.2) is 4.33 Å². The number of hydrogen-bond acceptors (Lipinski definition) is 1. The van der Waals surface area contributed by atoms with Crippen LogP contribution in [0.5, 0.6) is 0 Å². The van der Waals surface area contributed by atoms with Crippen LogP contribution in [-0.2, 0) is 15.9 Å². The molecule has 0 aromatic carbocycles. The Morgan fingerprint density at radius 3 is 1.11 bits per heavy atom. The molecule has 0 unspecified atom stereocenters. The lowest BCUT2D eigenvalue weighted by atomic mass is 10.2. The number of halogens is 11. The van der Waals surface area contributed by atoms with Gasteiger partial charge in [-0.25, -0.2) is 0 Å². The lowest BCUT2D eigenvalue weighted by molar-refractivity contribution is 0.566. The smallest absolute Gasteiger partial charge is 0.0943 e. The molecule has 0 fully saturated rings. The molecule has 0 saturated carbocycles. The van der Waals surface area contributed by atoms with Crippen LogP contribution < -0.4 is 0 Å². The first-order valence-electron chi connectivity index (χ1n) is 3.45. The molecule has 1 nitrogen and oxygen atoms in total. The third-order valence-corrected chi connectivity index (χ3v) is 9.29. The molecule has 0 bridgehead atoms. The van der Waals surface area contributed by atoms with Crippen molar-refractivity contribution in [2.45, 2.75) is 20.5 Å². The third kappa shape index (κ3) is 3.58. The van der Waals surface area contributed by atoms with Gasteiger partial charge in [-0.05, 0) is 23.2 Å². The number of alkyl halides is 11. The average Bonchev–Trinajstić information content (AvgIpc) is 2.15. The van der Waals surface area contributed by atoms with Crippen LogP contribution in [0.15, 0.2) is 0 Å². The molecule has 0 aliphatic carbocycles. The maximum Gasteiger partial charge on any atom is 0.504 e. The minimum atomic E-state index is -2.61. The maximum absolute atomic E-state index is 10.8. The van der Waals surface area contributed by atoms with Crippen LogP contribution in [0.2, 0.25) is 0 Å². The van der Waals surface area contributed by atoms with E-state index in [0.29, 0.717) is 0 Å². The number of hydrogen-bond donors (Lipinski definition) is 0. The molecule has 0 radical (unpaired) electrons. The van der Waals surface area contributed by atoms with Gasteiger partial charge in [-0.1, -0.05) is 104 Å². The molecule has 13 heteroatoms. The van der Waals surface area contributed by atoms with Crippen molar-refractivity contribution < 1.29 is 4.21 Å². The zero-order valence-corrected chi connectivity index (χ0v) is 16.6. The molecule has 0 rings (SSSR count). The van der Waals surface area contributed by atoms with E-state index in [0.717, 1.165) is 0 Å². The normalized spacial score (nSPS) is 15.7. The largest absolute Gasteiger partial charge is 0.504 e. The van der Waals surface area contributed by atoms with E-state index >= 15 is 0 Å². The van der Waals surface area contributed by atoms with Crippen molar-refractivity contribution in [2.24, 2.45) is 0 Å². The SMILES string of the molecule is O=[S+]C(Cl)(Cl)C(Cl)(Cl)C(Cl)(Cl)C(Cl)(Cl)C(Cl)(Cl)Cl. The second-order valence-electron chi connectivity index (χ2n) is 2.82. The van der Waals surface area contributed by atoms with Crippen molar-refractivity contribution in [3.8, 4) is 0 Å². The molecule has 0 saturated heterocycles. The van der Waals surface area contributed by atoms with Gasteiger partial charge in [-0.2, -0.15) is 0 Å². The fraction of sp³-hybridized carbons (Fsp3) is 1.00. The van der Waals surface area contributed by atoms with Crippen molar-refractivity contribution in [1.29, 1.82) is 0 Å². The van der Waals surface area contributed by atoms with Crippen molar-refractivity contribution >= 4 is 139 Å². The van der Waals surface area contributed by atoms with Crippen LogP contribution >= 0.6 is 128 Å². The molecule has 0 aliphatic rings. The van der Waals surface area contributed by atoms with E-state index in [1.54, 1.807) is 0 Å². The quantitative estimate of drug-likeness (QED) is 0.323. The van der Waals surface area contributed by atoms with E-state index in [4.69, 9.17) is 128 Å².